The predicted octanol–water partition coefficient (Wildman–Crippen LogP) is 0.495. The molecule has 0 aliphatic heterocycles. The van der Waals surface area contributed by atoms with Crippen molar-refractivity contribution in [2.75, 3.05) is 0 Å². The first-order valence-electron chi connectivity index (χ1n) is 2.19. The zero-order chi connectivity index (χ0) is 8.41. The second-order valence-electron chi connectivity index (χ2n) is 1.05. The van der Waals surface area contributed by atoms with E-state index in [1.54, 1.807) is 0 Å². The van der Waals surface area contributed by atoms with Crippen LogP contribution >= 0.6 is 0 Å². The topological polar surface area (TPSA) is 105 Å². The number of unbranched alkanes of at least 4 members (excludes halogenated alkanes) is 1. The van der Waals surface area contributed by atoms with Crippen molar-refractivity contribution >= 4 is 11.4 Å². The molecule has 0 aliphatic rings. The Balaban J connectivity index is 0. The summed E-state index contributed by atoms with van der Waals surface area (Å²) >= 11 is -2.61. The van der Waals surface area contributed by atoms with E-state index in [0.29, 0.717) is 12.8 Å². The van der Waals surface area contributed by atoms with Crippen molar-refractivity contribution in [1.29, 1.82) is 10.5 Å². The molecule has 10 heavy (non-hydrogen) atoms. The highest BCUT2D eigenvalue weighted by atomic mass is 32.2. The number of hydrogen-bond acceptors (Lipinski definition) is 3. The third-order valence-electron chi connectivity index (χ3n) is 0.349. The van der Waals surface area contributed by atoms with E-state index in [9.17, 15) is 0 Å². The normalized spacial score (nSPS) is 6.90. The van der Waals surface area contributed by atoms with Crippen LogP contribution in [0, 0.1) is 22.7 Å². The van der Waals surface area contributed by atoms with Crippen LogP contribution in [-0.4, -0.2) is 13.3 Å². The average Bonchev–Trinajstić information content (AvgIpc) is 1.82. The molecule has 0 fully saturated rings. The highest BCUT2D eigenvalue weighted by molar-refractivity contribution is 7.73. The Kier molecular flexibility index (Phi) is 12.9. The van der Waals surface area contributed by atoms with Crippen LogP contribution in [0.15, 0.2) is 0 Å². The summed E-state index contributed by atoms with van der Waals surface area (Å²) in [7, 11) is 0. The molecule has 0 heterocycles. The zero-order valence-electron chi connectivity index (χ0n) is 5.02. The molecule has 0 saturated heterocycles. The molecular weight excluding hydrogens is 156 g/mol. The summed E-state index contributed by atoms with van der Waals surface area (Å²) in [6.45, 7) is 0. The summed E-state index contributed by atoms with van der Waals surface area (Å²) < 4.78 is 22.8. The molecule has 0 amide bonds. The molecule has 0 unspecified atom stereocenters. The minimum absolute atomic E-state index is 0.358. The molecule has 5 nitrogen and oxygen atoms in total. The Morgan fingerprint density at radius 2 is 1.40 bits per heavy atom. The van der Waals surface area contributed by atoms with Gasteiger partial charge in [-0.15, -0.1) is 0 Å². The molecule has 0 aliphatic carbocycles. The van der Waals surface area contributed by atoms with Gasteiger partial charge in [0.2, 0.25) is 0 Å². The average molecular weight is 162 g/mol. The van der Waals surface area contributed by atoms with Crippen molar-refractivity contribution in [1.82, 2.24) is 0 Å². The Labute approximate surface area is 61.0 Å². The van der Waals surface area contributed by atoms with Crippen molar-refractivity contribution in [2.24, 2.45) is 0 Å². The summed E-state index contributed by atoms with van der Waals surface area (Å²) in [5.74, 6) is 0. The van der Waals surface area contributed by atoms with Gasteiger partial charge in [0, 0.05) is 12.8 Å². The summed E-state index contributed by atoms with van der Waals surface area (Å²) in [4.78, 5) is 0. The molecule has 0 aromatic rings. The zero-order valence-corrected chi connectivity index (χ0v) is 5.84. The van der Waals surface area contributed by atoms with E-state index in [1.807, 2.05) is 12.1 Å². The first-order chi connectivity index (χ1) is 4.65. The van der Waals surface area contributed by atoms with Crippen LogP contribution in [0.5, 0.6) is 0 Å². The van der Waals surface area contributed by atoms with E-state index >= 15 is 0 Å². The maximum Gasteiger partial charge on any atom is 0.299 e. The lowest BCUT2D eigenvalue weighted by atomic mass is 10.4. The predicted molar refractivity (Wildman–Crippen MR) is 33.9 cm³/mol. The number of nitrogens with zero attached hydrogens (tertiary/aromatic N) is 2. The van der Waals surface area contributed by atoms with Gasteiger partial charge in [-0.3, -0.25) is 9.11 Å². The van der Waals surface area contributed by atoms with Gasteiger partial charge in [0.05, 0.1) is 12.1 Å². The summed E-state index contributed by atoms with van der Waals surface area (Å²) in [5, 5.41) is 15.6. The van der Waals surface area contributed by atoms with Gasteiger partial charge >= 0.3 is 0 Å². The molecule has 0 saturated carbocycles. The van der Waals surface area contributed by atoms with E-state index < -0.39 is 11.4 Å². The molecule has 0 atom stereocenters. The van der Waals surface area contributed by atoms with Crippen molar-refractivity contribution < 1.29 is 13.3 Å². The Morgan fingerprint density at radius 1 is 1.20 bits per heavy atom. The SMILES string of the molecule is N#CCCC#N.O=S(O)O. The maximum absolute atomic E-state index is 8.67. The van der Waals surface area contributed by atoms with Gasteiger partial charge in [0.15, 0.2) is 0 Å². The van der Waals surface area contributed by atoms with Crippen LogP contribution in [0.25, 0.3) is 0 Å². The highest BCUT2D eigenvalue weighted by Crippen LogP contribution is 1.78. The second kappa shape index (κ2) is 10.9. The van der Waals surface area contributed by atoms with Gasteiger partial charge in [0.1, 0.15) is 0 Å². The van der Waals surface area contributed by atoms with Crippen LogP contribution < -0.4 is 0 Å². The van der Waals surface area contributed by atoms with Crippen LogP contribution in [0.1, 0.15) is 12.8 Å². The standard InChI is InChI=1S/C4H4N2.H2O3S/c5-3-1-2-4-6;1-4(2)3/h1-2H2;(H2,1,2,3). The molecule has 0 radical (unpaired) electrons. The minimum Gasteiger partial charge on any atom is -0.284 e. The van der Waals surface area contributed by atoms with Crippen molar-refractivity contribution in [3.8, 4) is 12.1 Å². The third kappa shape index (κ3) is 61.4. The van der Waals surface area contributed by atoms with E-state index in [2.05, 4.69) is 0 Å². The lowest BCUT2D eigenvalue weighted by Gasteiger charge is -1.63. The summed E-state index contributed by atoms with van der Waals surface area (Å²) in [6.07, 6.45) is 0.715. The molecule has 0 spiro atoms. The first-order valence-corrected chi connectivity index (χ1v) is 3.25. The van der Waals surface area contributed by atoms with Gasteiger partial charge in [0.25, 0.3) is 11.4 Å². The van der Waals surface area contributed by atoms with E-state index in [0.717, 1.165) is 0 Å². The lowest BCUT2D eigenvalue weighted by Crippen LogP contribution is -1.74. The van der Waals surface area contributed by atoms with Gasteiger partial charge < -0.3 is 0 Å². The molecule has 0 rings (SSSR count). The van der Waals surface area contributed by atoms with Crippen LogP contribution in [0.3, 0.4) is 0 Å². The molecule has 0 aromatic heterocycles. The van der Waals surface area contributed by atoms with Crippen LogP contribution in [0.2, 0.25) is 0 Å². The summed E-state index contributed by atoms with van der Waals surface area (Å²) in [5.41, 5.74) is 0. The van der Waals surface area contributed by atoms with E-state index in [4.69, 9.17) is 23.8 Å². The fourth-order valence-electron chi connectivity index (χ4n) is 0.112. The van der Waals surface area contributed by atoms with Gasteiger partial charge in [-0.05, 0) is 0 Å². The molecule has 56 valence electrons. The maximum atomic E-state index is 8.67. The van der Waals surface area contributed by atoms with Gasteiger partial charge in [-0.1, -0.05) is 0 Å². The van der Waals surface area contributed by atoms with E-state index in [1.165, 1.54) is 0 Å². The largest absolute Gasteiger partial charge is 0.299 e. The fourth-order valence-corrected chi connectivity index (χ4v) is 0.112. The van der Waals surface area contributed by atoms with Crippen LogP contribution in [-0.2, 0) is 11.4 Å². The van der Waals surface area contributed by atoms with Crippen molar-refractivity contribution in [3.05, 3.63) is 0 Å². The second-order valence-corrected chi connectivity index (χ2v) is 1.51. The van der Waals surface area contributed by atoms with Crippen molar-refractivity contribution in [3.63, 3.8) is 0 Å². The Bertz CT molecular complexity index is 150. The smallest absolute Gasteiger partial charge is 0.284 e. The number of hydrogen-bond donors (Lipinski definition) is 2. The quantitative estimate of drug-likeness (QED) is 0.431. The summed E-state index contributed by atoms with van der Waals surface area (Å²) in [6, 6.07) is 3.69. The van der Waals surface area contributed by atoms with Crippen LogP contribution in [0.4, 0.5) is 0 Å². The molecule has 0 aromatic carbocycles. The van der Waals surface area contributed by atoms with Crippen molar-refractivity contribution in [2.45, 2.75) is 12.8 Å². The fraction of sp³-hybridized carbons (Fsp3) is 0.500. The third-order valence-corrected chi connectivity index (χ3v) is 0.349. The molecule has 2 N–H and O–H groups in total. The lowest BCUT2D eigenvalue weighted by molar-refractivity contribution is 0.454. The Hall–Kier alpha value is -0.950. The monoisotopic (exact) mass is 162 g/mol. The molecule has 6 heteroatoms. The highest BCUT2D eigenvalue weighted by Gasteiger charge is 1.72. The number of rotatable bonds is 1. The molecular formula is C4H6N2O3S. The number of nitriles is 2. The molecule has 0 bridgehead atoms. The first kappa shape index (κ1) is 11.8. The van der Waals surface area contributed by atoms with Gasteiger partial charge in [-0.25, -0.2) is 0 Å². The van der Waals surface area contributed by atoms with Gasteiger partial charge in [-0.2, -0.15) is 14.7 Å². The minimum atomic E-state index is -2.61. The Morgan fingerprint density at radius 3 is 1.50 bits per heavy atom. The van der Waals surface area contributed by atoms with E-state index in [-0.39, 0.29) is 0 Å².